The number of rotatable bonds is 3. The van der Waals surface area contributed by atoms with Crippen molar-refractivity contribution in [2.45, 2.75) is 39.0 Å². The Kier molecular flexibility index (Phi) is 3.95. The molecule has 1 aliphatic heterocycles. The quantitative estimate of drug-likeness (QED) is 0.779. The van der Waals surface area contributed by atoms with Gasteiger partial charge in [0.05, 0.1) is 6.42 Å². The summed E-state index contributed by atoms with van der Waals surface area (Å²) < 4.78 is 1.69. The molecule has 0 radical (unpaired) electrons. The van der Waals surface area contributed by atoms with Crippen molar-refractivity contribution < 1.29 is 4.79 Å². The van der Waals surface area contributed by atoms with Crippen molar-refractivity contribution in [1.82, 2.24) is 34.7 Å². The summed E-state index contributed by atoms with van der Waals surface area (Å²) in [5.74, 6) is 1.46. The highest BCUT2D eigenvalue weighted by molar-refractivity contribution is 5.78. The first-order chi connectivity index (χ1) is 12.1. The number of nitrogens with zero attached hydrogens (tertiary/aromatic N) is 6. The lowest BCUT2D eigenvalue weighted by Crippen LogP contribution is -2.40. The molecule has 1 unspecified atom stereocenters. The Morgan fingerprint density at radius 2 is 2.24 bits per heavy atom. The maximum absolute atomic E-state index is 12.7. The molecule has 0 saturated carbocycles. The molecule has 130 valence electrons. The zero-order valence-electron chi connectivity index (χ0n) is 14.4. The molecule has 8 heteroatoms. The monoisotopic (exact) mass is 339 g/mol. The van der Waals surface area contributed by atoms with Gasteiger partial charge in [0.15, 0.2) is 5.82 Å². The Balaban J connectivity index is 1.49. The van der Waals surface area contributed by atoms with Gasteiger partial charge in [-0.15, -0.1) is 5.10 Å². The number of aromatic amines is 1. The number of fused-ring (bicyclic) bond motifs is 1. The molecule has 1 fully saturated rings. The molecular formula is C17H21N7O. The van der Waals surface area contributed by atoms with Gasteiger partial charge in [0.2, 0.25) is 5.91 Å². The normalized spacial score (nSPS) is 18.0. The number of hydrogen-bond donors (Lipinski definition) is 1. The summed E-state index contributed by atoms with van der Waals surface area (Å²) in [6.07, 6.45) is 4.03. The lowest BCUT2D eigenvalue weighted by molar-refractivity contribution is -0.131. The first-order valence-corrected chi connectivity index (χ1v) is 8.57. The summed E-state index contributed by atoms with van der Waals surface area (Å²) >= 11 is 0. The molecule has 4 rings (SSSR count). The fraction of sp³-hybridized carbons (Fsp3) is 0.471. The summed E-state index contributed by atoms with van der Waals surface area (Å²) in [6, 6.07) is 3.94. The van der Waals surface area contributed by atoms with Crippen molar-refractivity contribution in [2.75, 3.05) is 13.1 Å². The topological polar surface area (TPSA) is 92.1 Å². The Morgan fingerprint density at radius 3 is 3.04 bits per heavy atom. The van der Waals surface area contributed by atoms with E-state index in [0.29, 0.717) is 24.1 Å². The molecule has 3 aromatic rings. The van der Waals surface area contributed by atoms with Gasteiger partial charge in [0.25, 0.3) is 5.78 Å². The van der Waals surface area contributed by atoms with Crippen LogP contribution in [0.3, 0.4) is 0 Å². The first kappa shape index (κ1) is 15.7. The number of aromatic nitrogens is 6. The van der Waals surface area contributed by atoms with Gasteiger partial charge >= 0.3 is 0 Å². The molecule has 1 aliphatic rings. The Morgan fingerprint density at radius 1 is 1.36 bits per heavy atom. The number of carbonyl (C=O) groups excluding carboxylic acids is 1. The van der Waals surface area contributed by atoms with E-state index in [4.69, 9.17) is 0 Å². The standard InChI is InChI=1S/C17H21N7O/c1-11-8-12(2)24-17(19-11)20-15(22-24)9-16(25)23-7-3-4-13(10-23)14-5-6-18-21-14/h5-6,8,13H,3-4,7,9-10H2,1-2H3,(H,18,21). The molecular weight excluding hydrogens is 318 g/mol. The lowest BCUT2D eigenvalue weighted by Gasteiger charge is -2.32. The third-order valence-corrected chi connectivity index (χ3v) is 4.71. The average molecular weight is 339 g/mol. The fourth-order valence-electron chi connectivity index (χ4n) is 3.48. The van der Waals surface area contributed by atoms with Gasteiger partial charge in [-0.1, -0.05) is 0 Å². The Hall–Kier alpha value is -2.77. The molecule has 0 aliphatic carbocycles. The van der Waals surface area contributed by atoms with Crippen LogP contribution in [0.2, 0.25) is 0 Å². The van der Waals surface area contributed by atoms with E-state index in [1.165, 1.54) is 0 Å². The van der Waals surface area contributed by atoms with Crippen LogP contribution in [0.15, 0.2) is 18.3 Å². The fourth-order valence-corrected chi connectivity index (χ4v) is 3.48. The number of hydrogen-bond acceptors (Lipinski definition) is 5. The molecule has 1 atom stereocenters. The van der Waals surface area contributed by atoms with Crippen LogP contribution in [0, 0.1) is 13.8 Å². The highest BCUT2D eigenvalue weighted by Crippen LogP contribution is 2.25. The largest absolute Gasteiger partial charge is 0.342 e. The Labute approximate surface area is 145 Å². The van der Waals surface area contributed by atoms with Gasteiger partial charge < -0.3 is 4.90 Å². The molecule has 8 nitrogen and oxygen atoms in total. The molecule has 25 heavy (non-hydrogen) atoms. The SMILES string of the molecule is Cc1cc(C)n2nc(CC(=O)N3CCCC(c4ccn[nH]4)C3)nc2n1. The van der Waals surface area contributed by atoms with E-state index in [9.17, 15) is 4.79 Å². The van der Waals surface area contributed by atoms with Crippen molar-refractivity contribution in [1.29, 1.82) is 0 Å². The van der Waals surface area contributed by atoms with Crippen LogP contribution in [-0.2, 0) is 11.2 Å². The molecule has 1 saturated heterocycles. The zero-order chi connectivity index (χ0) is 17.4. The molecule has 0 aromatic carbocycles. The van der Waals surface area contributed by atoms with Gasteiger partial charge in [-0.2, -0.15) is 10.1 Å². The number of amides is 1. The summed E-state index contributed by atoms with van der Waals surface area (Å²) in [7, 11) is 0. The summed E-state index contributed by atoms with van der Waals surface area (Å²) in [5, 5.41) is 11.5. The van der Waals surface area contributed by atoms with Crippen molar-refractivity contribution >= 4 is 11.7 Å². The van der Waals surface area contributed by atoms with Gasteiger partial charge in [-0.25, -0.2) is 9.50 Å². The van der Waals surface area contributed by atoms with Crippen LogP contribution in [-0.4, -0.2) is 53.7 Å². The van der Waals surface area contributed by atoms with E-state index in [2.05, 4.69) is 25.3 Å². The van der Waals surface area contributed by atoms with Crippen LogP contribution < -0.4 is 0 Å². The van der Waals surface area contributed by atoms with Crippen molar-refractivity contribution in [2.24, 2.45) is 0 Å². The van der Waals surface area contributed by atoms with Crippen LogP contribution in [0.5, 0.6) is 0 Å². The second kappa shape index (κ2) is 6.27. The molecule has 1 N–H and O–H groups in total. The summed E-state index contributed by atoms with van der Waals surface area (Å²) in [5.41, 5.74) is 2.96. The highest BCUT2D eigenvalue weighted by Gasteiger charge is 2.26. The minimum atomic E-state index is 0.0643. The second-order valence-electron chi connectivity index (χ2n) is 6.65. The molecule has 4 heterocycles. The van der Waals surface area contributed by atoms with Gasteiger partial charge in [-0.05, 0) is 38.8 Å². The molecule has 3 aromatic heterocycles. The zero-order valence-corrected chi connectivity index (χ0v) is 14.4. The third-order valence-electron chi connectivity index (χ3n) is 4.71. The van der Waals surface area contributed by atoms with E-state index in [1.807, 2.05) is 30.9 Å². The van der Waals surface area contributed by atoms with Crippen LogP contribution in [0.1, 0.15) is 41.7 Å². The number of aryl methyl sites for hydroxylation is 2. The van der Waals surface area contributed by atoms with E-state index in [0.717, 1.165) is 36.5 Å². The van der Waals surface area contributed by atoms with Crippen molar-refractivity contribution in [3.8, 4) is 0 Å². The van der Waals surface area contributed by atoms with Crippen molar-refractivity contribution in [3.05, 3.63) is 41.2 Å². The molecule has 0 bridgehead atoms. The minimum Gasteiger partial charge on any atom is -0.342 e. The first-order valence-electron chi connectivity index (χ1n) is 8.57. The Bertz CT molecular complexity index is 899. The third kappa shape index (κ3) is 3.11. The van der Waals surface area contributed by atoms with Gasteiger partial charge in [-0.3, -0.25) is 9.89 Å². The van der Waals surface area contributed by atoms with Crippen LogP contribution in [0.25, 0.3) is 5.78 Å². The maximum atomic E-state index is 12.7. The number of likely N-dealkylation sites (tertiary alicyclic amines) is 1. The number of H-pyrrole nitrogens is 1. The van der Waals surface area contributed by atoms with Gasteiger partial charge in [0.1, 0.15) is 0 Å². The molecule has 1 amide bonds. The predicted molar refractivity (Wildman–Crippen MR) is 91.1 cm³/mol. The average Bonchev–Trinajstić information content (AvgIpc) is 3.24. The summed E-state index contributed by atoms with van der Waals surface area (Å²) in [6.45, 7) is 5.38. The predicted octanol–water partition coefficient (Wildman–Crippen LogP) is 1.41. The van der Waals surface area contributed by atoms with E-state index < -0.39 is 0 Å². The van der Waals surface area contributed by atoms with Crippen LogP contribution >= 0.6 is 0 Å². The number of carbonyl (C=O) groups is 1. The highest BCUT2D eigenvalue weighted by atomic mass is 16.2. The van der Waals surface area contributed by atoms with Gasteiger partial charge in [0, 0.05) is 42.3 Å². The number of piperidine rings is 1. The molecule has 0 spiro atoms. The maximum Gasteiger partial charge on any atom is 0.252 e. The summed E-state index contributed by atoms with van der Waals surface area (Å²) in [4.78, 5) is 23.4. The smallest absolute Gasteiger partial charge is 0.252 e. The van der Waals surface area contributed by atoms with Crippen LogP contribution in [0.4, 0.5) is 0 Å². The van der Waals surface area contributed by atoms with E-state index >= 15 is 0 Å². The van der Waals surface area contributed by atoms with Crippen molar-refractivity contribution in [3.63, 3.8) is 0 Å². The van der Waals surface area contributed by atoms with E-state index in [1.54, 1.807) is 10.7 Å². The minimum absolute atomic E-state index is 0.0643. The lowest BCUT2D eigenvalue weighted by atomic mass is 9.95. The second-order valence-corrected chi connectivity index (χ2v) is 6.65. The number of nitrogens with one attached hydrogen (secondary N) is 1. The van der Waals surface area contributed by atoms with E-state index in [-0.39, 0.29) is 12.3 Å².